The fourth-order valence-electron chi connectivity index (χ4n) is 2.58. The second kappa shape index (κ2) is 7.22. The van der Waals surface area contributed by atoms with E-state index in [2.05, 4.69) is 10.0 Å². The van der Waals surface area contributed by atoms with Gasteiger partial charge >= 0.3 is 0 Å². The van der Waals surface area contributed by atoms with Crippen molar-refractivity contribution < 1.29 is 24.4 Å². The number of carbonyl (C=O) groups excluding carboxylic acids is 1. The van der Waals surface area contributed by atoms with Crippen molar-refractivity contribution in [2.45, 2.75) is 25.3 Å². The summed E-state index contributed by atoms with van der Waals surface area (Å²) in [6.07, 6.45) is -0.666. The highest BCUT2D eigenvalue weighted by Gasteiger charge is 2.32. The van der Waals surface area contributed by atoms with Crippen LogP contribution in [0.5, 0.6) is 5.75 Å². The summed E-state index contributed by atoms with van der Waals surface area (Å²) in [4.78, 5) is 12.2. The number of anilines is 1. The van der Waals surface area contributed by atoms with Gasteiger partial charge in [-0.3, -0.25) is 4.79 Å². The third-order valence-corrected chi connectivity index (χ3v) is 5.19. The van der Waals surface area contributed by atoms with Gasteiger partial charge in [0.15, 0.2) is 17.2 Å². The third-order valence-electron chi connectivity index (χ3n) is 3.95. The van der Waals surface area contributed by atoms with E-state index >= 15 is 0 Å². The third kappa shape index (κ3) is 3.65. The number of carbonyl (C=O) groups is 1. The summed E-state index contributed by atoms with van der Waals surface area (Å²) < 4.78 is 21.5. The predicted octanol–water partition coefficient (Wildman–Crippen LogP) is 1.25. The number of hydrogen-bond donors (Lipinski definition) is 4. The lowest BCUT2D eigenvalue weighted by atomic mass is 10.1. The molecule has 2 aromatic carbocycles. The molecule has 0 spiro atoms. The van der Waals surface area contributed by atoms with Crippen LogP contribution in [0.15, 0.2) is 42.5 Å². The topological polar surface area (TPSA) is 104 Å². The maximum atomic E-state index is 12.9. The Bertz CT molecular complexity index is 810. The molecular formula is C17H20N3O4S+. The molecule has 3 rings (SSSR count). The monoisotopic (exact) mass is 362 g/mol. The largest absolute Gasteiger partial charge is 0.480 e. The molecule has 8 heteroatoms. The normalized spacial score (nSPS) is 20.7. The second-order valence-electron chi connectivity index (χ2n) is 5.79. The number of aryl methyl sites for hydroxylation is 1. The number of amides is 1. The first-order valence-corrected chi connectivity index (χ1v) is 9.02. The Kier molecular flexibility index (Phi) is 5.03. The van der Waals surface area contributed by atoms with Crippen molar-refractivity contribution in [3.63, 3.8) is 0 Å². The highest BCUT2D eigenvalue weighted by Crippen LogP contribution is 2.34. The maximum Gasteiger partial charge on any atom is 0.262 e. The Morgan fingerprint density at radius 2 is 1.96 bits per heavy atom. The number of nitrogens with one attached hydrogen (secondary N) is 2. The Hall–Kier alpha value is -2.42. The minimum Gasteiger partial charge on any atom is -0.480 e. The van der Waals surface area contributed by atoms with Crippen molar-refractivity contribution >= 4 is 28.3 Å². The number of nitrogens with two attached hydrogens (primary N) is 1. The Morgan fingerprint density at radius 1 is 1.24 bits per heavy atom. The lowest BCUT2D eigenvalue weighted by Gasteiger charge is -2.18. The number of fused-ring (bicyclic) bond motifs is 1. The lowest BCUT2D eigenvalue weighted by Crippen LogP contribution is -2.73. The average Bonchev–Trinajstić information content (AvgIpc) is 2.74. The summed E-state index contributed by atoms with van der Waals surface area (Å²) in [5, 5.41) is 11.0. The van der Waals surface area contributed by atoms with Crippen LogP contribution in [0.1, 0.15) is 23.4 Å². The molecule has 2 aromatic rings. The van der Waals surface area contributed by atoms with Crippen LogP contribution >= 0.6 is 0 Å². The summed E-state index contributed by atoms with van der Waals surface area (Å²) in [6.45, 7) is 3.55. The van der Waals surface area contributed by atoms with Gasteiger partial charge in [-0.15, -0.1) is 0 Å². The van der Waals surface area contributed by atoms with Crippen LogP contribution in [0.4, 0.5) is 11.4 Å². The molecule has 0 aliphatic carbocycles. The van der Waals surface area contributed by atoms with Gasteiger partial charge in [0.1, 0.15) is 16.7 Å². The van der Waals surface area contributed by atoms with Gasteiger partial charge in [-0.1, -0.05) is 18.2 Å². The molecule has 0 aromatic heterocycles. The maximum absolute atomic E-state index is 12.9. The van der Waals surface area contributed by atoms with E-state index in [1.54, 1.807) is 37.3 Å². The summed E-state index contributed by atoms with van der Waals surface area (Å²) in [5.41, 5.74) is 3.80. The van der Waals surface area contributed by atoms with Crippen LogP contribution in [0.3, 0.4) is 0 Å². The van der Waals surface area contributed by atoms with Crippen LogP contribution in [-0.2, 0) is 15.8 Å². The number of hydrogen-bond acceptors (Lipinski definition) is 4. The zero-order valence-electron chi connectivity index (χ0n) is 13.9. The number of quaternary nitrogens is 1. The van der Waals surface area contributed by atoms with Gasteiger partial charge in [0.25, 0.3) is 5.91 Å². The smallest absolute Gasteiger partial charge is 0.262 e. The molecule has 7 nitrogen and oxygen atoms in total. The fraction of sp³-hybridized carbons (Fsp3) is 0.235. The molecule has 1 aliphatic rings. The van der Waals surface area contributed by atoms with Crippen LogP contribution in [0.25, 0.3) is 0 Å². The summed E-state index contributed by atoms with van der Waals surface area (Å²) >= 11 is 0. The first kappa shape index (κ1) is 17.4. The molecule has 0 radical (unpaired) electrons. The van der Waals surface area contributed by atoms with Crippen LogP contribution in [-0.4, -0.2) is 21.4 Å². The number of benzene rings is 2. The molecular weight excluding hydrogens is 342 g/mol. The summed E-state index contributed by atoms with van der Waals surface area (Å²) in [7, 11) is -1.62. The minimum absolute atomic E-state index is 0.319. The fourth-order valence-corrected chi connectivity index (χ4v) is 3.70. The van der Waals surface area contributed by atoms with E-state index in [0.29, 0.717) is 22.7 Å². The van der Waals surface area contributed by atoms with Crippen molar-refractivity contribution in [1.82, 2.24) is 5.32 Å². The van der Waals surface area contributed by atoms with Crippen LogP contribution < -0.4 is 20.3 Å². The average molecular weight is 362 g/mol. The van der Waals surface area contributed by atoms with E-state index < -0.39 is 22.5 Å². The molecule has 1 amide bonds. The van der Waals surface area contributed by atoms with Gasteiger partial charge in [-0.05, 0) is 31.5 Å². The Morgan fingerprint density at radius 3 is 2.64 bits per heavy atom. The number of rotatable bonds is 4. The molecule has 1 aliphatic heterocycles. The van der Waals surface area contributed by atoms with E-state index in [4.69, 9.17) is 9.94 Å². The van der Waals surface area contributed by atoms with Crippen molar-refractivity contribution in [1.29, 1.82) is 0 Å². The molecule has 132 valence electrons. The van der Waals surface area contributed by atoms with E-state index in [0.717, 1.165) is 11.0 Å². The molecule has 0 fully saturated rings. The second-order valence-corrected chi connectivity index (χ2v) is 7.06. The SMILES string of the molecule is Cc1cccc2c1OC(C)C(=O)NC2S(=O)Nc1ccc([NH2+]O)cc1. The van der Waals surface area contributed by atoms with Gasteiger partial charge in [0.2, 0.25) is 0 Å². The van der Waals surface area contributed by atoms with Crippen LogP contribution in [0, 0.1) is 6.92 Å². The molecule has 25 heavy (non-hydrogen) atoms. The standard InChI is InChI=1S/C17H19N3O4S/c1-10-4-3-5-14-15(10)24-11(2)16(21)18-17(14)25(23)20-13-8-6-12(19-22)7-9-13/h3-9,11,17,19-20,22H,1-2H3,(H,18,21)/p+1. The van der Waals surface area contributed by atoms with E-state index in [-0.39, 0.29) is 5.91 Å². The number of para-hydroxylation sites is 1. The summed E-state index contributed by atoms with van der Waals surface area (Å²) in [6, 6.07) is 12.3. The van der Waals surface area contributed by atoms with Gasteiger partial charge < -0.3 is 14.8 Å². The zero-order chi connectivity index (χ0) is 18.0. The van der Waals surface area contributed by atoms with Gasteiger partial charge in [-0.2, -0.15) is 5.48 Å². The number of ether oxygens (including phenoxy) is 1. The summed E-state index contributed by atoms with van der Waals surface area (Å²) in [5.74, 6) is 0.264. The zero-order valence-corrected chi connectivity index (χ0v) is 14.7. The molecule has 5 N–H and O–H groups in total. The highest BCUT2D eigenvalue weighted by molar-refractivity contribution is 7.86. The molecule has 0 bridgehead atoms. The van der Waals surface area contributed by atoms with Crippen molar-refractivity contribution in [2.24, 2.45) is 0 Å². The first-order valence-electron chi connectivity index (χ1n) is 7.81. The highest BCUT2D eigenvalue weighted by atomic mass is 32.2. The van der Waals surface area contributed by atoms with E-state index in [1.165, 1.54) is 0 Å². The van der Waals surface area contributed by atoms with Crippen molar-refractivity contribution in [3.8, 4) is 5.75 Å². The molecule has 0 saturated heterocycles. The van der Waals surface area contributed by atoms with Crippen molar-refractivity contribution in [2.75, 3.05) is 4.72 Å². The molecule has 0 saturated carbocycles. The van der Waals surface area contributed by atoms with Crippen molar-refractivity contribution in [3.05, 3.63) is 53.6 Å². The Balaban J connectivity index is 1.90. The van der Waals surface area contributed by atoms with E-state index in [1.807, 2.05) is 19.1 Å². The first-order chi connectivity index (χ1) is 12.0. The van der Waals surface area contributed by atoms with Crippen LogP contribution in [0.2, 0.25) is 0 Å². The minimum atomic E-state index is -1.62. The molecule has 3 atom stereocenters. The molecule has 3 unspecified atom stereocenters. The Labute approximate surface area is 147 Å². The van der Waals surface area contributed by atoms with E-state index in [9.17, 15) is 9.00 Å². The van der Waals surface area contributed by atoms with Gasteiger partial charge in [0, 0.05) is 23.4 Å². The van der Waals surface area contributed by atoms with Gasteiger partial charge in [0.05, 0.1) is 0 Å². The quantitative estimate of drug-likeness (QED) is 0.485. The predicted molar refractivity (Wildman–Crippen MR) is 93.7 cm³/mol. The van der Waals surface area contributed by atoms with Gasteiger partial charge in [-0.25, -0.2) is 9.42 Å². The lowest BCUT2D eigenvalue weighted by molar-refractivity contribution is -0.825. The molecule has 1 heterocycles.